The molecule has 0 aromatic heterocycles. The molecule has 1 fully saturated rings. The molecule has 0 saturated heterocycles. The van der Waals surface area contributed by atoms with E-state index < -0.39 is 0 Å². The summed E-state index contributed by atoms with van der Waals surface area (Å²) in [5, 5.41) is 3.71. The van der Waals surface area contributed by atoms with Gasteiger partial charge in [0, 0.05) is 24.7 Å². The Morgan fingerprint density at radius 3 is 2.30 bits per heavy atom. The van der Waals surface area contributed by atoms with Crippen LogP contribution in [0, 0.1) is 20.8 Å². The summed E-state index contributed by atoms with van der Waals surface area (Å²) in [7, 11) is 2.26. The molecule has 2 unspecified atom stereocenters. The standard InChI is InChI=1S/C18H30N2/c1-12-9-14(3)18(10-13(12)2)16(5)19-11-15(4)20(6)17-7-8-17/h9-10,15-17,19H,7-8,11H2,1-6H3. The lowest BCUT2D eigenvalue weighted by Crippen LogP contribution is -2.40. The first-order chi connectivity index (χ1) is 9.40. The van der Waals surface area contributed by atoms with E-state index in [1.807, 2.05) is 0 Å². The van der Waals surface area contributed by atoms with Crippen LogP contribution in [-0.2, 0) is 0 Å². The van der Waals surface area contributed by atoms with E-state index in [9.17, 15) is 0 Å². The minimum atomic E-state index is 0.421. The molecule has 1 aromatic rings. The molecule has 1 aliphatic carbocycles. The summed E-state index contributed by atoms with van der Waals surface area (Å²) in [5.41, 5.74) is 5.62. The first-order valence-corrected chi connectivity index (χ1v) is 7.93. The van der Waals surface area contributed by atoms with Gasteiger partial charge in [-0.05, 0) is 76.8 Å². The second-order valence-electron chi connectivity index (χ2n) is 6.67. The Bertz CT molecular complexity index is 463. The van der Waals surface area contributed by atoms with Gasteiger partial charge in [0.1, 0.15) is 0 Å². The predicted octanol–water partition coefficient (Wildman–Crippen LogP) is 3.75. The molecule has 0 aliphatic heterocycles. The molecule has 0 heterocycles. The molecule has 2 atom stereocenters. The van der Waals surface area contributed by atoms with E-state index in [1.165, 1.54) is 35.1 Å². The summed E-state index contributed by atoms with van der Waals surface area (Å²) in [6, 6.07) is 6.52. The molecule has 112 valence electrons. The van der Waals surface area contributed by atoms with Crippen molar-refractivity contribution in [3.05, 3.63) is 34.4 Å². The van der Waals surface area contributed by atoms with Crippen molar-refractivity contribution >= 4 is 0 Å². The highest BCUT2D eigenvalue weighted by molar-refractivity contribution is 5.38. The van der Waals surface area contributed by atoms with Crippen molar-refractivity contribution in [2.45, 2.75) is 65.6 Å². The zero-order valence-electron chi connectivity index (χ0n) is 14.0. The smallest absolute Gasteiger partial charge is 0.0295 e. The molecular weight excluding hydrogens is 244 g/mol. The summed E-state index contributed by atoms with van der Waals surface area (Å²) < 4.78 is 0. The Kier molecular flexibility index (Phi) is 4.87. The highest BCUT2D eigenvalue weighted by Crippen LogP contribution is 2.27. The van der Waals surface area contributed by atoms with Crippen LogP contribution in [-0.4, -0.2) is 30.6 Å². The number of nitrogens with zero attached hydrogens (tertiary/aromatic N) is 1. The first-order valence-electron chi connectivity index (χ1n) is 7.93. The number of likely N-dealkylation sites (N-methyl/N-ethyl adjacent to an activating group) is 1. The molecule has 0 spiro atoms. The van der Waals surface area contributed by atoms with Crippen LogP contribution in [0.4, 0.5) is 0 Å². The van der Waals surface area contributed by atoms with Crippen molar-refractivity contribution in [1.29, 1.82) is 0 Å². The summed E-state index contributed by atoms with van der Waals surface area (Å²) in [6.07, 6.45) is 2.76. The maximum absolute atomic E-state index is 3.71. The van der Waals surface area contributed by atoms with E-state index in [0.29, 0.717) is 12.1 Å². The zero-order chi connectivity index (χ0) is 14.9. The van der Waals surface area contributed by atoms with Crippen LogP contribution in [0.3, 0.4) is 0 Å². The molecule has 1 saturated carbocycles. The Hall–Kier alpha value is -0.860. The Morgan fingerprint density at radius 1 is 1.10 bits per heavy atom. The Morgan fingerprint density at radius 2 is 1.70 bits per heavy atom. The molecule has 1 aromatic carbocycles. The van der Waals surface area contributed by atoms with Gasteiger partial charge in [0.15, 0.2) is 0 Å². The maximum Gasteiger partial charge on any atom is 0.0295 e. The lowest BCUT2D eigenvalue weighted by molar-refractivity contribution is 0.237. The van der Waals surface area contributed by atoms with Gasteiger partial charge in [-0.2, -0.15) is 0 Å². The van der Waals surface area contributed by atoms with E-state index in [-0.39, 0.29) is 0 Å². The fourth-order valence-electron chi connectivity index (χ4n) is 2.89. The van der Waals surface area contributed by atoms with Gasteiger partial charge in [0.05, 0.1) is 0 Å². The van der Waals surface area contributed by atoms with E-state index >= 15 is 0 Å². The van der Waals surface area contributed by atoms with Gasteiger partial charge >= 0.3 is 0 Å². The summed E-state index contributed by atoms with van der Waals surface area (Å²) in [6.45, 7) is 12.3. The number of hydrogen-bond donors (Lipinski definition) is 1. The number of hydrogen-bond acceptors (Lipinski definition) is 2. The molecule has 1 N–H and O–H groups in total. The van der Waals surface area contributed by atoms with E-state index in [0.717, 1.165) is 12.6 Å². The average Bonchev–Trinajstić information content (AvgIpc) is 3.23. The molecule has 0 bridgehead atoms. The Labute approximate surface area is 124 Å². The largest absolute Gasteiger partial charge is 0.309 e. The van der Waals surface area contributed by atoms with Crippen LogP contribution in [0.15, 0.2) is 12.1 Å². The fourth-order valence-corrected chi connectivity index (χ4v) is 2.89. The monoisotopic (exact) mass is 274 g/mol. The summed E-state index contributed by atoms with van der Waals surface area (Å²) in [5.74, 6) is 0. The first kappa shape index (κ1) is 15.5. The molecule has 20 heavy (non-hydrogen) atoms. The summed E-state index contributed by atoms with van der Waals surface area (Å²) >= 11 is 0. The quantitative estimate of drug-likeness (QED) is 0.850. The normalized spacial score (nSPS) is 18.4. The molecule has 1 aliphatic rings. The topological polar surface area (TPSA) is 15.3 Å². The van der Waals surface area contributed by atoms with Crippen LogP contribution >= 0.6 is 0 Å². The molecule has 2 nitrogen and oxygen atoms in total. The van der Waals surface area contributed by atoms with Gasteiger partial charge in [-0.1, -0.05) is 12.1 Å². The van der Waals surface area contributed by atoms with Crippen LogP contribution in [0.25, 0.3) is 0 Å². The number of aryl methyl sites for hydroxylation is 3. The van der Waals surface area contributed by atoms with Gasteiger partial charge in [-0.15, -0.1) is 0 Å². The van der Waals surface area contributed by atoms with Crippen molar-refractivity contribution in [3.63, 3.8) is 0 Å². The summed E-state index contributed by atoms with van der Waals surface area (Å²) in [4.78, 5) is 2.52. The van der Waals surface area contributed by atoms with E-state index in [4.69, 9.17) is 0 Å². The van der Waals surface area contributed by atoms with Crippen molar-refractivity contribution < 1.29 is 0 Å². The minimum absolute atomic E-state index is 0.421. The zero-order valence-corrected chi connectivity index (χ0v) is 14.0. The molecule has 0 radical (unpaired) electrons. The van der Waals surface area contributed by atoms with Crippen LogP contribution < -0.4 is 5.32 Å². The van der Waals surface area contributed by atoms with Crippen molar-refractivity contribution in [1.82, 2.24) is 10.2 Å². The van der Waals surface area contributed by atoms with Crippen molar-refractivity contribution in [3.8, 4) is 0 Å². The second-order valence-corrected chi connectivity index (χ2v) is 6.67. The van der Waals surface area contributed by atoms with E-state index in [1.54, 1.807) is 0 Å². The maximum atomic E-state index is 3.71. The molecular formula is C18H30N2. The van der Waals surface area contributed by atoms with Crippen molar-refractivity contribution in [2.24, 2.45) is 0 Å². The average molecular weight is 274 g/mol. The number of rotatable bonds is 6. The SMILES string of the molecule is Cc1cc(C)c(C(C)NCC(C)N(C)C2CC2)cc1C. The lowest BCUT2D eigenvalue weighted by Gasteiger charge is -2.27. The van der Waals surface area contributed by atoms with Gasteiger partial charge in [0.25, 0.3) is 0 Å². The van der Waals surface area contributed by atoms with E-state index in [2.05, 4.69) is 64.0 Å². The number of nitrogens with one attached hydrogen (secondary N) is 1. The number of benzene rings is 1. The van der Waals surface area contributed by atoms with Crippen LogP contribution in [0.5, 0.6) is 0 Å². The fraction of sp³-hybridized carbons (Fsp3) is 0.667. The lowest BCUT2D eigenvalue weighted by atomic mass is 9.96. The third-order valence-corrected chi connectivity index (χ3v) is 4.89. The molecule has 0 amide bonds. The van der Waals surface area contributed by atoms with Gasteiger partial charge in [0.2, 0.25) is 0 Å². The van der Waals surface area contributed by atoms with Crippen LogP contribution in [0.1, 0.15) is 55.0 Å². The van der Waals surface area contributed by atoms with Gasteiger partial charge in [-0.3, -0.25) is 4.90 Å². The second kappa shape index (κ2) is 6.28. The Balaban J connectivity index is 1.94. The highest BCUT2D eigenvalue weighted by Gasteiger charge is 2.29. The third kappa shape index (κ3) is 3.62. The van der Waals surface area contributed by atoms with Crippen LogP contribution in [0.2, 0.25) is 0 Å². The molecule has 2 heteroatoms. The van der Waals surface area contributed by atoms with Gasteiger partial charge < -0.3 is 5.32 Å². The van der Waals surface area contributed by atoms with Gasteiger partial charge in [-0.25, -0.2) is 0 Å². The highest BCUT2D eigenvalue weighted by atomic mass is 15.2. The predicted molar refractivity (Wildman–Crippen MR) is 87.3 cm³/mol. The minimum Gasteiger partial charge on any atom is -0.309 e. The van der Waals surface area contributed by atoms with Crippen molar-refractivity contribution in [2.75, 3.05) is 13.6 Å². The molecule has 2 rings (SSSR count). The third-order valence-electron chi connectivity index (χ3n) is 4.89.